The molecule has 1 amide bonds. The normalized spacial score (nSPS) is 11.5. The third-order valence-corrected chi connectivity index (χ3v) is 3.61. The van der Waals surface area contributed by atoms with Gasteiger partial charge in [0.25, 0.3) is 0 Å². The highest BCUT2D eigenvalue weighted by molar-refractivity contribution is 6.30. The predicted octanol–water partition coefficient (Wildman–Crippen LogP) is 5.65. The summed E-state index contributed by atoms with van der Waals surface area (Å²) in [5.74, 6) is 0.0425. The Hall–Kier alpha value is -2.72. The number of halogens is 1. The number of phenolic OH excluding ortho intramolecular Hbond substituents is 1. The molecule has 1 aromatic carbocycles. The highest BCUT2D eigenvalue weighted by atomic mass is 35.5. The van der Waals surface area contributed by atoms with Crippen LogP contribution < -0.4 is 0 Å². The lowest BCUT2D eigenvalue weighted by Crippen LogP contribution is -2.38. The lowest BCUT2D eigenvalue weighted by atomic mass is 10.2. The molecule has 10 nitrogen and oxygen atoms in total. The van der Waals surface area contributed by atoms with Gasteiger partial charge in [0.2, 0.25) is 0 Å². The van der Waals surface area contributed by atoms with Gasteiger partial charge in [0.05, 0.1) is 13.2 Å². The molecule has 0 spiro atoms. The fraction of sp³-hybridized carbons (Fsp3) is 0.625. The molecule has 0 unspecified atom stereocenters. The SMILES string of the molecule is CC(C)(C)OC(=O)N(CCO)Cc1cc(Cl)ccc1O.CC(C)(C)OC(=O)OC(=O)OC(C)(C)C. The summed E-state index contributed by atoms with van der Waals surface area (Å²) in [7, 11) is 0. The number of benzene rings is 1. The van der Waals surface area contributed by atoms with Crippen molar-refractivity contribution in [2.75, 3.05) is 13.2 Å². The molecule has 0 saturated carbocycles. The second kappa shape index (κ2) is 13.4. The van der Waals surface area contributed by atoms with Crippen LogP contribution in [0.25, 0.3) is 0 Å². The van der Waals surface area contributed by atoms with Gasteiger partial charge in [-0.05, 0) is 80.5 Å². The summed E-state index contributed by atoms with van der Waals surface area (Å²) in [4.78, 5) is 35.4. The zero-order valence-corrected chi connectivity index (χ0v) is 22.7. The van der Waals surface area contributed by atoms with Gasteiger partial charge in [-0.2, -0.15) is 0 Å². The molecule has 2 N–H and O–H groups in total. The third kappa shape index (κ3) is 16.5. The van der Waals surface area contributed by atoms with Crippen molar-refractivity contribution in [2.24, 2.45) is 0 Å². The summed E-state index contributed by atoms with van der Waals surface area (Å²) >= 11 is 5.87. The number of aliphatic hydroxyl groups is 1. The number of carbonyl (C=O) groups excluding carboxylic acids is 3. The van der Waals surface area contributed by atoms with E-state index in [1.54, 1.807) is 74.4 Å². The van der Waals surface area contributed by atoms with Crippen molar-refractivity contribution in [3.05, 3.63) is 28.8 Å². The molecule has 200 valence electrons. The molecule has 0 saturated heterocycles. The maximum Gasteiger partial charge on any atom is 0.519 e. The summed E-state index contributed by atoms with van der Waals surface area (Å²) in [5, 5.41) is 19.3. The van der Waals surface area contributed by atoms with Crippen LogP contribution in [-0.2, 0) is 25.5 Å². The molecular weight excluding hydrogens is 482 g/mol. The molecule has 0 fully saturated rings. The molecule has 0 aliphatic heterocycles. The van der Waals surface area contributed by atoms with E-state index in [4.69, 9.17) is 30.9 Å². The number of ether oxygens (including phenoxy) is 4. The van der Waals surface area contributed by atoms with Crippen LogP contribution in [0.5, 0.6) is 5.75 Å². The van der Waals surface area contributed by atoms with Gasteiger partial charge < -0.3 is 34.1 Å². The van der Waals surface area contributed by atoms with Gasteiger partial charge in [-0.1, -0.05) is 11.6 Å². The Morgan fingerprint density at radius 3 is 1.71 bits per heavy atom. The van der Waals surface area contributed by atoms with Gasteiger partial charge in [-0.25, -0.2) is 14.4 Å². The Labute approximate surface area is 212 Å². The molecule has 1 aromatic rings. The van der Waals surface area contributed by atoms with Crippen LogP contribution in [0.4, 0.5) is 14.4 Å². The highest BCUT2D eigenvalue weighted by Gasteiger charge is 2.25. The van der Waals surface area contributed by atoms with Crippen molar-refractivity contribution in [1.82, 2.24) is 4.90 Å². The lowest BCUT2D eigenvalue weighted by molar-refractivity contribution is -0.0294. The van der Waals surface area contributed by atoms with E-state index in [0.29, 0.717) is 10.6 Å². The van der Waals surface area contributed by atoms with Crippen LogP contribution in [0.15, 0.2) is 18.2 Å². The molecule has 0 aliphatic rings. The summed E-state index contributed by atoms with van der Waals surface area (Å²) < 4.78 is 19.1. The number of aliphatic hydroxyl groups excluding tert-OH is 1. The number of nitrogens with zero attached hydrogens (tertiary/aromatic N) is 1. The van der Waals surface area contributed by atoms with Crippen molar-refractivity contribution >= 4 is 30.0 Å². The number of hydrogen-bond donors (Lipinski definition) is 2. The van der Waals surface area contributed by atoms with E-state index in [0.717, 1.165) is 0 Å². The Morgan fingerprint density at radius 1 is 0.857 bits per heavy atom. The first-order chi connectivity index (χ1) is 15.7. The van der Waals surface area contributed by atoms with E-state index in [-0.39, 0.29) is 25.4 Å². The van der Waals surface area contributed by atoms with Gasteiger partial charge in [0, 0.05) is 17.1 Å². The third-order valence-electron chi connectivity index (χ3n) is 3.37. The molecule has 0 radical (unpaired) electrons. The fourth-order valence-electron chi connectivity index (χ4n) is 2.18. The predicted molar refractivity (Wildman–Crippen MR) is 130 cm³/mol. The number of carbonyl (C=O) groups is 3. The van der Waals surface area contributed by atoms with Gasteiger partial charge >= 0.3 is 18.4 Å². The molecule has 1 rings (SSSR count). The van der Waals surface area contributed by atoms with E-state index in [9.17, 15) is 19.5 Å². The van der Waals surface area contributed by atoms with Crippen LogP contribution >= 0.6 is 11.6 Å². The molecule has 11 heteroatoms. The Morgan fingerprint density at radius 2 is 1.31 bits per heavy atom. The first-order valence-corrected chi connectivity index (χ1v) is 11.3. The topological polar surface area (TPSA) is 132 Å². The first kappa shape index (κ1) is 32.3. The Bertz CT molecular complexity index is 826. The minimum absolute atomic E-state index is 0.0425. The number of aromatic hydroxyl groups is 1. The van der Waals surface area contributed by atoms with Crippen molar-refractivity contribution in [3.63, 3.8) is 0 Å². The zero-order chi connectivity index (χ0) is 27.6. The number of amides is 1. The summed E-state index contributed by atoms with van der Waals surface area (Å²) in [6, 6.07) is 4.60. The smallest absolute Gasteiger partial charge is 0.508 e. The van der Waals surface area contributed by atoms with Gasteiger partial charge in [0.15, 0.2) is 0 Å². The zero-order valence-electron chi connectivity index (χ0n) is 21.9. The molecular formula is C24H38ClNO9. The number of hydrogen-bond acceptors (Lipinski definition) is 9. The number of phenols is 1. The van der Waals surface area contributed by atoms with Crippen LogP contribution in [0.1, 0.15) is 67.9 Å². The van der Waals surface area contributed by atoms with Gasteiger partial charge in [0.1, 0.15) is 22.6 Å². The summed E-state index contributed by atoms with van der Waals surface area (Å²) in [6.07, 6.45) is -2.67. The van der Waals surface area contributed by atoms with Crippen molar-refractivity contribution in [2.45, 2.75) is 85.7 Å². The van der Waals surface area contributed by atoms with Crippen LogP contribution in [0.3, 0.4) is 0 Å². The van der Waals surface area contributed by atoms with Crippen LogP contribution in [0.2, 0.25) is 5.02 Å². The molecule has 0 aliphatic carbocycles. The Kier molecular flexibility index (Phi) is 12.3. The van der Waals surface area contributed by atoms with E-state index < -0.39 is 35.2 Å². The van der Waals surface area contributed by atoms with Gasteiger partial charge in [-0.15, -0.1) is 0 Å². The molecule has 0 bridgehead atoms. The second-order valence-corrected chi connectivity index (χ2v) is 10.9. The molecule has 0 atom stereocenters. The second-order valence-electron chi connectivity index (χ2n) is 10.4. The summed E-state index contributed by atoms with van der Waals surface area (Å²) in [5.41, 5.74) is -1.52. The Balaban J connectivity index is 0.000000691. The van der Waals surface area contributed by atoms with E-state index in [2.05, 4.69) is 4.74 Å². The van der Waals surface area contributed by atoms with Crippen molar-refractivity contribution in [1.29, 1.82) is 0 Å². The largest absolute Gasteiger partial charge is 0.519 e. The van der Waals surface area contributed by atoms with Gasteiger partial charge in [-0.3, -0.25) is 0 Å². The summed E-state index contributed by atoms with van der Waals surface area (Å²) in [6.45, 7) is 15.3. The number of rotatable bonds is 4. The van der Waals surface area contributed by atoms with E-state index >= 15 is 0 Å². The van der Waals surface area contributed by atoms with E-state index in [1.165, 1.54) is 11.0 Å². The van der Waals surface area contributed by atoms with E-state index in [1.807, 2.05) is 0 Å². The molecule has 35 heavy (non-hydrogen) atoms. The highest BCUT2D eigenvalue weighted by Crippen LogP contribution is 2.23. The molecule has 0 aromatic heterocycles. The van der Waals surface area contributed by atoms with Crippen molar-refractivity contribution < 1.29 is 43.5 Å². The average Bonchev–Trinajstić information content (AvgIpc) is 2.60. The minimum atomic E-state index is -1.06. The quantitative estimate of drug-likeness (QED) is 0.294. The standard InChI is InChI=1S/C14H20ClNO4.C10H18O5/c1-14(2,3)20-13(19)16(6-7-17)9-10-8-11(15)4-5-12(10)18;1-9(2,3)14-7(11)13-8(12)15-10(4,5)6/h4-5,8,17-18H,6-7,9H2,1-3H3;1-6H3. The minimum Gasteiger partial charge on any atom is -0.508 e. The van der Waals surface area contributed by atoms with Crippen molar-refractivity contribution in [3.8, 4) is 5.75 Å². The maximum atomic E-state index is 12.0. The van der Waals surface area contributed by atoms with Crippen LogP contribution in [0, 0.1) is 0 Å². The molecule has 0 heterocycles. The maximum absolute atomic E-state index is 12.0. The average molecular weight is 520 g/mol. The fourth-order valence-corrected chi connectivity index (χ4v) is 2.37. The van der Waals surface area contributed by atoms with Crippen LogP contribution in [-0.4, -0.2) is 63.5 Å². The lowest BCUT2D eigenvalue weighted by Gasteiger charge is -2.27. The first-order valence-electron chi connectivity index (χ1n) is 10.9. The monoisotopic (exact) mass is 519 g/mol.